The highest BCUT2D eigenvalue weighted by atomic mass is 16.6. The van der Waals surface area contributed by atoms with Crippen LogP contribution in [0.3, 0.4) is 0 Å². The number of hydrogen-bond donors (Lipinski definition) is 3. The van der Waals surface area contributed by atoms with Crippen molar-refractivity contribution < 1.29 is 39.2 Å². The minimum Gasteiger partial charge on any atom is -0.458 e. The van der Waals surface area contributed by atoms with E-state index in [4.69, 9.17) is 9.47 Å². The molecule has 2 saturated carbocycles. The van der Waals surface area contributed by atoms with Crippen molar-refractivity contribution in [1.82, 2.24) is 0 Å². The molecule has 0 aliphatic heterocycles. The molecule has 0 heterocycles. The lowest BCUT2D eigenvalue weighted by molar-refractivity contribution is -0.228. The van der Waals surface area contributed by atoms with Crippen molar-refractivity contribution in [2.24, 2.45) is 29.1 Å². The predicted molar refractivity (Wildman–Crippen MR) is 167 cm³/mol. The predicted octanol–water partition coefficient (Wildman–Crippen LogP) is 5.75. The maximum Gasteiger partial charge on any atom is 0.306 e. The molecule has 248 valence electrons. The molecular formula is C36H56O8. The standard InChI is InChI=1S/C36H56O8/c1-7-8-9-10-11-12-13-14-15-16-17-18-29(39)43-32-24(3)35(42)27(30-33(5,6)36(30,32)44-25(4)38)20-26(22-37)21-34(41)28(35)19-23(2)31(34)40/h19-20,24,27-28,30,32,37,41-42H,7-18,21-22H2,1-6H3/t24-,27+,28+,30-,32-,34+,35-,36-/m1/s1. The lowest BCUT2D eigenvalue weighted by Crippen LogP contribution is -2.66. The fourth-order valence-corrected chi connectivity index (χ4v) is 9.20. The second kappa shape index (κ2) is 13.4. The smallest absolute Gasteiger partial charge is 0.306 e. The molecule has 0 bridgehead atoms. The Balaban J connectivity index is 1.51. The summed E-state index contributed by atoms with van der Waals surface area (Å²) in [6.45, 7) is 10.4. The second-order valence-corrected chi connectivity index (χ2v) is 14.7. The molecule has 4 aliphatic rings. The number of carbonyl (C=O) groups is 3. The quantitative estimate of drug-likeness (QED) is 0.120. The Morgan fingerprint density at radius 1 is 0.955 bits per heavy atom. The maximum atomic E-state index is 13.3. The van der Waals surface area contributed by atoms with E-state index in [9.17, 15) is 29.7 Å². The molecule has 0 spiro atoms. The van der Waals surface area contributed by atoms with E-state index >= 15 is 0 Å². The summed E-state index contributed by atoms with van der Waals surface area (Å²) >= 11 is 0. The molecule has 2 fully saturated rings. The van der Waals surface area contributed by atoms with Crippen LogP contribution in [0.5, 0.6) is 0 Å². The van der Waals surface area contributed by atoms with Gasteiger partial charge in [0.1, 0.15) is 11.7 Å². The van der Waals surface area contributed by atoms with E-state index in [0.29, 0.717) is 17.6 Å². The minimum atomic E-state index is -1.93. The number of rotatable bonds is 15. The highest BCUT2D eigenvalue weighted by Crippen LogP contribution is 2.77. The van der Waals surface area contributed by atoms with Crippen LogP contribution in [-0.4, -0.2) is 62.6 Å². The van der Waals surface area contributed by atoms with Gasteiger partial charge in [-0.2, -0.15) is 0 Å². The van der Waals surface area contributed by atoms with Crippen molar-refractivity contribution in [3.63, 3.8) is 0 Å². The van der Waals surface area contributed by atoms with Crippen molar-refractivity contribution in [3.05, 3.63) is 23.3 Å². The van der Waals surface area contributed by atoms with Gasteiger partial charge in [-0.25, -0.2) is 0 Å². The van der Waals surface area contributed by atoms with E-state index in [0.717, 1.165) is 19.3 Å². The normalized spacial score (nSPS) is 36.8. The van der Waals surface area contributed by atoms with E-state index in [-0.39, 0.29) is 19.4 Å². The molecule has 0 unspecified atom stereocenters. The maximum absolute atomic E-state index is 13.3. The third-order valence-corrected chi connectivity index (χ3v) is 11.5. The van der Waals surface area contributed by atoms with Gasteiger partial charge in [0.25, 0.3) is 0 Å². The number of aliphatic hydroxyl groups is 3. The Labute approximate surface area is 263 Å². The fraction of sp³-hybridized carbons (Fsp3) is 0.806. The van der Waals surface area contributed by atoms with E-state index in [1.165, 1.54) is 51.9 Å². The van der Waals surface area contributed by atoms with Gasteiger partial charge in [0, 0.05) is 48.9 Å². The number of Topliss-reactive ketones (excluding diaryl/α,β-unsaturated/α-hetero) is 1. The van der Waals surface area contributed by atoms with Crippen molar-refractivity contribution >= 4 is 17.7 Å². The number of aliphatic hydroxyl groups excluding tert-OH is 1. The Hall–Kier alpha value is -2.03. The molecule has 0 saturated heterocycles. The Morgan fingerprint density at radius 3 is 2.07 bits per heavy atom. The highest BCUT2D eigenvalue weighted by Gasteiger charge is 2.87. The summed E-state index contributed by atoms with van der Waals surface area (Å²) in [5.41, 5.74) is -4.71. The Bertz CT molecular complexity index is 1150. The summed E-state index contributed by atoms with van der Waals surface area (Å²) in [5, 5.41) is 34.8. The molecule has 8 nitrogen and oxygen atoms in total. The third-order valence-electron chi connectivity index (χ3n) is 11.5. The molecule has 4 rings (SSSR count). The Morgan fingerprint density at radius 2 is 1.52 bits per heavy atom. The van der Waals surface area contributed by atoms with Crippen molar-refractivity contribution in [2.45, 2.75) is 148 Å². The van der Waals surface area contributed by atoms with Gasteiger partial charge >= 0.3 is 11.9 Å². The van der Waals surface area contributed by atoms with Gasteiger partial charge in [0.15, 0.2) is 11.4 Å². The lowest BCUT2D eigenvalue weighted by Gasteiger charge is -2.53. The second-order valence-electron chi connectivity index (χ2n) is 14.7. The molecule has 3 N–H and O–H groups in total. The van der Waals surface area contributed by atoms with Gasteiger partial charge in [-0.15, -0.1) is 0 Å². The summed E-state index contributed by atoms with van der Waals surface area (Å²) in [5.74, 6) is -4.29. The van der Waals surface area contributed by atoms with Crippen molar-refractivity contribution in [1.29, 1.82) is 0 Å². The fourth-order valence-electron chi connectivity index (χ4n) is 9.20. The van der Waals surface area contributed by atoms with E-state index in [1.54, 1.807) is 26.0 Å². The van der Waals surface area contributed by atoms with E-state index in [2.05, 4.69) is 6.92 Å². The molecule has 4 aliphatic carbocycles. The number of ketones is 1. The molecule has 0 aromatic rings. The monoisotopic (exact) mass is 616 g/mol. The average molecular weight is 617 g/mol. The molecule has 8 atom stereocenters. The summed E-state index contributed by atoms with van der Waals surface area (Å²) < 4.78 is 12.3. The SMILES string of the molecule is CCCCCCCCCCCCCC(=O)O[C@@H]1[C@@H](C)[C@]2(O)[C@H]3C=C(C)C(=O)[C@]3(O)CC(CO)=C[C@H]2[C@@H]2C(C)(C)[C@]12OC(C)=O. The largest absolute Gasteiger partial charge is 0.458 e. The summed E-state index contributed by atoms with van der Waals surface area (Å²) in [6, 6.07) is 0. The summed E-state index contributed by atoms with van der Waals surface area (Å²) in [7, 11) is 0. The highest BCUT2D eigenvalue weighted by molar-refractivity contribution is 6.04. The zero-order valence-corrected chi connectivity index (χ0v) is 27.8. The number of fused-ring (bicyclic) bond motifs is 5. The summed E-state index contributed by atoms with van der Waals surface area (Å²) in [4.78, 5) is 39.1. The molecule has 8 heteroatoms. The number of carbonyl (C=O) groups excluding carboxylic acids is 3. The molecule has 0 radical (unpaired) electrons. The van der Waals surface area contributed by atoms with Crippen molar-refractivity contribution in [3.8, 4) is 0 Å². The first kappa shape index (κ1) is 34.8. The van der Waals surface area contributed by atoms with Crippen LogP contribution in [0.25, 0.3) is 0 Å². The van der Waals surface area contributed by atoms with Gasteiger partial charge in [-0.05, 0) is 24.5 Å². The molecule has 0 aromatic heterocycles. The van der Waals surface area contributed by atoms with Crippen LogP contribution in [-0.2, 0) is 23.9 Å². The Kier molecular flexibility index (Phi) is 10.6. The van der Waals surface area contributed by atoms with Gasteiger partial charge in [0.05, 0.1) is 12.2 Å². The first-order chi connectivity index (χ1) is 20.7. The lowest BCUT2D eigenvalue weighted by atomic mass is 9.59. The number of unbranched alkanes of at least 4 members (excludes halogenated alkanes) is 10. The van der Waals surface area contributed by atoms with Crippen LogP contribution < -0.4 is 0 Å². The van der Waals surface area contributed by atoms with Gasteiger partial charge in [0.2, 0.25) is 0 Å². The third kappa shape index (κ3) is 5.84. The zero-order valence-electron chi connectivity index (χ0n) is 27.8. The van der Waals surface area contributed by atoms with Crippen LogP contribution in [0.4, 0.5) is 0 Å². The van der Waals surface area contributed by atoms with Crippen LogP contribution >= 0.6 is 0 Å². The van der Waals surface area contributed by atoms with Crippen LogP contribution in [0.1, 0.15) is 125 Å². The van der Waals surface area contributed by atoms with Crippen LogP contribution in [0, 0.1) is 29.1 Å². The number of ether oxygens (including phenoxy) is 2. The van der Waals surface area contributed by atoms with E-state index in [1.807, 2.05) is 13.8 Å². The van der Waals surface area contributed by atoms with Gasteiger partial charge in [-0.3, -0.25) is 14.4 Å². The average Bonchev–Trinajstić information content (AvgIpc) is 3.38. The minimum absolute atomic E-state index is 0.108. The van der Waals surface area contributed by atoms with Crippen LogP contribution in [0.2, 0.25) is 0 Å². The van der Waals surface area contributed by atoms with Crippen molar-refractivity contribution in [2.75, 3.05) is 6.61 Å². The van der Waals surface area contributed by atoms with Crippen LogP contribution in [0.15, 0.2) is 23.3 Å². The number of hydrogen-bond acceptors (Lipinski definition) is 8. The molecule has 0 aromatic carbocycles. The first-order valence-electron chi connectivity index (χ1n) is 17.1. The van der Waals surface area contributed by atoms with E-state index < -0.39 is 69.7 Å². The molecule has 44 heavy (non-hydrogen) atoms. The summed E-state index contributed by atoms with van der Waals surface area (Å²) in [6.07, 6.45) is 15.4. The molecular weight excluding hydrogens is 560 g/mol. The van der Waals surface area contributed by atoms with Gasteiger partial charge in [-0.1, -0.05) is 104 Å². The zero-order chi connectivity index (χ0) is 32.5. The first-order valence-corrected chi connectivity index (χ1v) is 17.1. The topological polar surface area (TPSA) is 130 Å². The van der Waals surface area contributed by atoms with Gasteiger partial charge < -0.3 is 24.8 Å². The molecule has 0 amide bonds. The number of esters is 2.